The van der Waals surface area contributed by atoms with Crippen molar-refractivity contribution in [2.45, 2.75) is 70.4 Å². The Morgan fingerprint density at radius 3 is 2.57 bits per heavy atom. The summed E-state index contributed by atoms with van der Waals surface area (Å²) in [6, 6.07) is 1.65. The van der Waals surface area contributed by atoms with Crippen molar-refractivity contribution in [3.8, 4) is 0 Å². The lowest BCUT2D eigenvalue weighted by Crippen LogP contribution is -2.59. The highest BCUT2D eigenvalue weighted by molar-refractivity contribution is 7.99. The maximum absolute atomic E-state index is 3.91. The number of nitrogens with one attached hydrogen (secondary N) is 1. The van der Waals surface area contributed by atoms with Crippen LogP contribution in [0.1, 0.15) is 58.3 Å². The largest absolute Gasteiger partial charge is 0.311 e. The van der Waals surface area contributed by atoms with Crippen molar-refractivity contribution >= 4 is 11.8 Å². The van der Waals surface area contributed by atoms with E-state index in [-0.39, 0.29) is 0 Å². The minimum Gasteiger partial charge on any atom is -0.311 e. The molecule has 3 fully saturated rings. The molecule has 3 aliphatic rings. The van der Waals surface area contributed by atoms with E-state index in [9.17, 15) is 0 Å². The fraction of sp³-hybridized carbons (Fsp3) is 1.00. The van der Waals surface area contributed by atoms with Gasteiger partial charge in [0.1, 0.15) is 0 Å². The first-order chi connectivity index (χ1) is 10.4. The van der Waals surface area contributed by atoms with Gasteiger partial charge in [0.05, 0.1) is 0 Å². The second-order valence-corrected chi connectivity index (χ2v) is 8.76. The highest BCUT2D eigenvalue weighted by Crippen LogP contribution is 2.36. The molecular formula is C18H34N2S. The molecule has 0 aromatic carbocycles. The minimum absolute atomic E-state index is 0.809. The number of piperazine rings is 1. The predicted octanol–water partition coefficient (Wildman–Crippen LogP) is 3.76. The molecule has 1 N–H and O–H groups in total. The van der Waals surface area contributed by atoms with E-state index in [2.05, 4.69) is 28.9 Å². The third-order valence-corrected chi connectivity index (χ3v) is 6.80. The molecule has 3 heteroatoms. The highest BCUT2D eigenvalue weighted by Gasteiger charge is 2.39. The topological polar surface area (TPSA) is 15.3 Å². The Morgan fingerprint density at radius 1 is 1.05 bits per heavy atom. The monoisotopic (exact) mass is 310 g/mol. The Balaban J connectivity index is 1.53. The number of rotatable bonds is 7. The van der Waals surface area contributed by atoms with Crippen LogP contribution in [-0.4, -0.2) is 48.1 Å². The fourth-order valence-electron chi connectivity index (χ4n) is 4.42. The van der Waals surface area contributed by atoms with Crippen LogP contribution in [0.15, 0.2) is 0 Å². The van der Waals surface area contributed by atoms with Gasteiger partial charge in [0, 0.05) is 25.2 Å². The fourth-order valence-corrected chi connectivity index (χ4v) is 5.04. The standard InChI is InChI=1S/C18H34N2S/c1-2-21-12-6-11-20-14-17(15-9-10-15)19-13-18(20)16-7-4-3-5-8-16/h15-19H,2-14H2,1H3. The molecule has 3 rings (SSSR count). The molecule has 0 aromatic rings. The van der Waals surface area contributed by atoms with Gasteiger partial charge in [-0.05, 0) is 62.0 Å². The molecule has 0 amide bonds. The first-order valence-corrected chi connectivity index (χ1v) is 10.6. The van der Waals surface area contributed by atoms with E-state index in [0.717, 1.165) is 23.9 Å². The Morgan fingerprint density at radius 2 is 1.86 bits per heavy atom. The van der Waals surface area contributed by atoms with Gasteiger partial charge in [-0.15, -0.1) is 0 Å². The first-order valence-electron chi connectivity index (χ1n) is 9.43. The molecule has 1 saturated heterocycles. The van der Waals surface area contributed by atoms with Crippen molar-refractivity contribution in [1.29, 1.82) is 0 Å². The van der Waals surface area contributed by atoms with Crippen LogP contribution in [0.3, 0.4) is 0 Å². The van der Waals surface area contributed by atoms with Gasteiger partial charge < -0.3 is 5.32 Å². The Hall–Kier alpha value is 0.270. The Bertz CT molecular complexity index is 300. The van der Waals surface area contributed by atoms with E-state index in [1.54, 1.807) is 0 Å². The minimum atomic E-state index is 0.809. The molecule has 0 radical (unpaired) electrons. The lowest BCUT2D eigenvalue weighted by molar-refractivity contribution is 0.0674. The van der Waals surface area contributed by atoms with Gasteiger partial charge >= 0.3 is 0 Å². The van der Waals surface area contributed by atoms with Crippen LogP contribution in [0.4, 0.5) is 0 Å². The second-order valence-electron chi connectivity index (χ2n) is 7.36. The van der Waals surface area contributed by atoms with Crippen molar-refractivity contribution in [1.82, 2.24) is 10.2 Å². The number of thioether (sulfide) groups is 1. The maximum Gasteiger partial charge on any atom is 0.0249 e. The van der Waals surface area contributed by atoms with Gasteiger partial charge in [-0.25, -0.2) is 0 Å². The molecule has 0 spiro atoms. The number of nitrogens with zero attached hydrogens (tertiary/aromatic N) is 1. The third-order valence-electron chi connectivity index (χ3n) is 5.81. The lowest BCUT2D eigenvalue weighted by atomic mass is 9.82. The smallest absolute Gasteiger partial charge is 0.0249 e. The van der Waals surface area contributed by atoms with Crippen LogP contribution in [0.25, 0.3) is 0 Å². The van der Waals surface area contributed by atoms with Crippen LogP contribution in [0.5, 0.6) is 0 Å². The van der Waals surface area contributed by atoms with E-state index < -0.39 is 0 Å². The third kappa shape index (κ3) is 4.62. The van der Waals surface area contributed by atoms with Crippen molar-refractivity contribution in [3.63, 3.8) is 0 Å². The zero-order valence-corrected chi connectivity index (χ0v) is 14.7. The van der Waals surface area contributed by atoms with Crippen LogP contribution in [-0.2, 0) is 0 Å². The molecule has 2 unspecified atom stereocenters. The zero-order chi connectivity index (χ0) is 14.5. The second kappa shape index (κ2) is 8.21. The van der Waals surface area contributed by atoms with E-state index in [1.165, 1.54) is 82.5 Å². The predicted molar refractivity (Wildman–Crippen MR) is 94.1 cm³/mol. The van der Waals surface area contributed by atoms with E-state index in [1.807, 2.05) is 0 Å². The summed E-state index contributed by atoms with van der Waals surface area (Å²) in [6.07, 6.45) is 11.8. The van der Waals surface area contributed by atoms with E-state index in [0.29, 0.717) is 0 Å². The van der Waals surface area contributed by atoms with E-state index >= 15 is 0 Å². The average molecular weight is 311 g/mol. The van der Waals surface area contributed by atoms with Crippen molar-refractivity contribution in [2.24, 2.45) is 11.8 Å². The van der Waals surface area contributed by atoms with Gasteiger partial charge in [0.15, 0.2) is 0 Å². The van der Waals surface area contributed by atoms with Gasteiger partial charge in [-0.1, -0.05) is 26.2 Å². The Labute approximate surface area is 135 Å². The van der Waals surface area contributed by atoms with Crippen molar-refractivity contribution in [3.05, 3.63) is 0 Å². The molecule has 21 heavy (non-hydrogen) atoms. The van der Waals surface area contributed by atoms with Crippen LogP contribution >= 0.6 is 11.8 Å². The van der Waals surface area contributed by atoms with E-state index in [4.69, 9.17) is 0 Å². The van der Waals surface area contributed by atoms with Gasteiger partial charge in [0.25, 0.3) is 0 Å². The van der Waals surface area contributed by atoms with Crippen LogP contribution < -0.4 is 5.32 Å². The van der Waals surface area contributed by atoms with Crippen molar-refractivity contribution < 1.29 is 0 Å². The maximum atomic E-state index is 3.91. The van der Waals surface area contributed by atoms with Gasteiger partial charge in [-0.2, -0.15) is 11.8 Å². The van der Waals surface area contributed by atoms with Crippen molar-refractivity contribution in [2.75, 3.05) is 31.1 Å². The molecule has 2 nitrogen and oxygen atoms in total. The molecule has 1 heterocycles. The normalized spacial score (nSPS) is 32.4. The summed E-state index contributed by atoms with van der Waals surface area (Å²) in [7, 11) is 0. The molecule has 122 valence electrons. The molecule has 2 saturated carbocycles. The first kappa shape index (κ1) is 16.1. The summed E-state index contributed by atoms with van der Waals surface area (Å²) in [6.45, 7) is 6.23. The number of hydrogen-bond acceptors (Lipinski definition) is 3. The van der Waals surface area contributed by atoms with Crippen LogP contribution in [0, 0.1) is 11.8 Å². The SMILES string of the molecule is CCSCCCN1CC(C2CC2)NCC1C1CCCCC1. The molecule has 1 aliphatic heterocycles. The summed E-state index contributed by atoms with van der Waals surface area (Å²) >= 11 is 2.11. The zero-order valence-electron chi connectivity index (χ0n) is 13.9. The lowest BCUT2D eigenvalue weighted by Gasteiger charge is -2.45. The molecule has 0 bridgehead atoms. The summed E-state index contributed by atoms with van der Waals surface area (Å²) in [4.78, 5) is 2.89. The summed E-state index contributed by atoms with van der Waals surface area (Å²) in [5.74, 6) is 4.61. The summed E-state index contributed by atoms with van der Waals surface area (Å²) < 4.78 is 0. The van der Waals surface area contributed by atoms with Gasteiger partial charge in [-0.3, -0.25) is 4.90 Å². The molecule has 0 aromatic heterocycles. The molecule has 2 aliphatic carbocycles. The molecular weight excluding hydrogens is 276 g/mol. The highest BCUT2D eigenvalue weighted by atomic mass is 32.2. The summed E-state index contributed by atoms with van der Waals surface area (Å²) in [5, 5.41) is 3.91. The Kier molecular flexibility index (Phi) is 6.31. The average Bonchev–Trinajstić information content (AvgIpc) is 3.37. The summed E-state index contributed by atoms with van der Waals surface area (Å²) in [5.41, 5.74) is 0. The quantitative estimate of drug-likeness (QED) is 0.721. The van der Waals surface area contributed by atoms with Crippen LogP contribution in [0.2, 0.25) is 0 Å². The molecule has 2 atom stereocenters. The number of hydrogen-bond donors (Lipinski definition) is 1. The van der Waals surface area contributed by atoms with Gasteiger partial charge in [0.2, 0.25) is 0 Å².